The van der Waals surface area contributed by atoms with Crippen molar-refractivity contribution in [2.75, 3.05) is 0 Å². The fourth-order valence-electron chi connectivity index (χ4n) is 1.43. The van der Waals surface area contributed by atoms with Gasteiger partial charge >= 0.3 is 0 Å². The number of rotatable bonds is 2. The highest BCUT2D eigenvalue weighted by molar-refractivity contribution is 9.10. The van der Waals surface area contributed by atoms with Crippen molar-refractivity contribution in [1.29, 1.82) is 0 Å². The number of aliphatic hydroxyl groups is 1. The van der Waals surface area contributed by atoms with Gasteiger partial charge in [-0.05, 0) is 25.0 Å². The van der Waals surface area contributed by atoms with Crippen LogP contribution in [0.5, 0.6) is 5.75 Å². The molecule has 76 valence electrons. The fraction of sp³-hybridized carbons (Fsp3) is 0.400. The summed E-state index contributed by atoms with van der Waals surface area (Å²) in [5, 5.41) is 19.0. The van der Waals surface area contributed by atoms with Crippen LogP contribution in [0.2, 0.25) is 0 Å². The second-order valence-corrected chi connectivity index (χ2v) is 4.71. The topological polar surface area (TPSA) is 40.5 Å². The van der Waals surface area contributed by atoms with Gasteiger partial charge in [-0.2, -0.15) is 0 Å². The van der Waals surface area contributed by atoms with Crippen LogP contribution in [0, 0.1) is 5.82 Å². The molecule has 14 heavy (non-hydrogen) atoms. The average molecular weight is 261 g/mol. The molecule has 1 aliphatic rings. The molecule has 0 heterocycles. The number of phenols is 1. The third-order valence-corrected chi connectivity index (χ3v) is 2.91. The van der Waals surface area contributed by atoms with Crippen LogP contribution in [0.4, 0.5) is 4.39 Å². The molecule has 0 radical (unpaired) electrons. The number of phenolic OH excluding ortho intramolecular Hbond substituents is 1. The maximum atomic E-state index is 13.1. The van der Waals surface area contributed by atoms with Crippen molar-refractivity contribution in [3.05, 3.63) is 28.0 Å². The minimum absolute atomic E-state index is 0.315. The SMILES string of the molecule is Oc1c(F)cc(Br)cc1CC1(O)CC1. The first-order valence-corrected chi connectivity index (χ1v) is 5.19. The zero-order valence-corrected chi connectivity index (χ0v) is 9.01. The average Bonchev–Trinajstić information content (AvgIpc) is 2.79. The Kier molecular flexibility index (Phi) is 2.27. The van der Waals surface area contributed by atoms with Crippen LogP contribution in [-0.2, 0) is 6.42 Å². The molecule has 1 fully saturated rings. The van der Waals surface area contributed by atoms with Crippen LogP contribution in [-0.4, -0.2) is 15.8 Å². The summed E-state index contributed by atoms with van der Waals surface area (Å²) in [5.74, 6) is -1.01. The molecule has 0 atom stereocenters. The highest BCUT2D eigenvalue weighted by Gasteiger charge is 2.40. The van der Waals surface area contributed by atoms with Crippen molar-refractivity contribution in [3.63, 3.8) is 0 Å². The fourth-order valence-corrected chi connectivity index (χ4v) is 1.91. The molecule has 0 unspecified atom stereocenters. The van der Waals surface area contributed by atoms with E-state index in [2.05, 4.69) is 15.9 Å². The van der Waals surface area contributed by atoms with Crippen LogP contribution in [0.1, 0.15) is 18.4 Å². The van der Waals surface area contributed by atoms with Gasteiger partial charge in [0.25, 0.3) is 0 Å². The van der Waals surface area contributed by atoms with E-state index in [9.17, 15) is 14.6 Å². The highest BCUT2D eigenvalue weighted by atomic mass is 79.9. The third-order valence-electron chi connectivity index (χ3n) is 2.45. The molecule has 2 N–H and O–H groups in total. The lowest BCUT2D eigenvalue weighted by molar-refractivity contribution is 0.149. The van der Waals surface area contributed by atoms with Crippen molar-refractivity contribution in [1.82, 2.24) is 0 Å². The van der Waals surface area contributed by atoms with Crippen LogP contribution in [0.25, 0.3) is 0 Å². The Morgan fingerprint density at radius 3 is 2.64 bits per heavy atom. The van der Waals surface area contributed by atoms with Crippen molar-refractivity contribution in [2.45, 2.75) is 24.9 Å². The highest BCUT2D eigenvalue weighted by Crippen LogP contribution is 2.40. The zero-order chi connectivity index (χ0) is 10.3. The second-order valence-electron chi connectivity index (χ2n) is 3.80. The van der Waals surface area contributed by atoms with Gasteiger partial charge in [-0.3, -0.25) is 0 Å². The molecule has 0 saturated heterocycles. The Morgan fingerprint density at radius 1 is 1.43 bits per heavy atom. The van der Waals surface area contributed by atoms with E-state index in [0.29, 0.717) is 16.5 Å². The van der Waals surface area contributed by atoms with Crippen molar-refractivity contribution in [3.8, 4) is 5.75 Å². The lowest BCUT2D eigenvalue weighted by atomic mass is 10.1. The number of hydrogen-bond donors (Lipinski definition) is 2. The molecular weight excluding hydrogens is 251 g/mol. The van der Waals surface area contributed by atoms with Gasteiger partial charge in [-0.25, -0.2) is 4.39 Å². The Hall–Kier alpha value is -0.610. The normalized spacial score (nSPS) is 18.2. The smallest absolute Gasteiger partial charge is 0.166 e. The Balaban J connectivity index is 2.32. The van der Waals surface area contributed by atoms with Gasteiger partial charge in [0.2, 0.25) is 0 Å². The van der Waals surface area contributed by atoms with Crippen LogP contribution in [0.15, 0.2) is 16.6 Å². The molecule has 1 aromatic rings. The second kappa shape index (κ2) is 3.21. The molecule has 1 aliphatic carbocycles. The van der Waals surface area contributed by atoms with E-state index in [0.717, 1.165) is 12.8 Å². The van der Waals surface area contributed by atoms with E-state index < -0.39 is 11.4 Å². The number of hydrogen-bond acceptors (Lipinski definition) is 2. The molecule has 0 amide bonds. The molecule has 0 bridgehead atoms. The van der Waals surface area contributed by atoms with Crippen LogP contribution >= 0.6 is 15.9 Å². The summed E-state index contributed by atoms with van der Waals surface area (Å²) in [7, 11) is 0. The summed E-state index contributed by atoms with van der Waals surface area (Å²) in [6.45, 7) is 0. The van der Waals surface area contributed by atoms with E-state index in [4.69, 9.17) is 0 Å². The van der Waals surface area contributed by atoms with Gasteiger partial charge < -0.3 is 10.2 Å². The summed E-state index contributed by atoms with van der Waals surface area (Å²) in [6.07, 6.45) is 1.76. The van der Waals surface area contributed by atoms with Crippen molar-refractivity contribution in [2.24, 2.45) is 0 Å². The van der Waals surface area contributed by atoms with Gasteiger partial charge in [-0.15, -0.1) is 0 Å². The molecule has 0 spiro atoms. The minimum atomic E-state index is -0.718. The third kappa shape index (κ3) is 1.91. The monoisotopic (exact) mass is 260 g/mol. The van der Waals surface area contributed by atoms with Crippen LogP contribution < -0.4 is 0 Å². The predicted molar refractivity (Wildman–Crippen MR) is 53.7 cm³/mol. The molecule has 2 nitrogen and oxygen atoms in total. The first-order chi connectivity index (χ1) is 6.50. The molecule has 0 aromatic heterocycles. The van der Waals surface area contributed by atoms with E-state index in [1.807, 2.05) is 0 Å². The predicted octanol–water partition coefficient (Wildman–Crippen LogP) is 2.36. The summed E-state index contributed by atoms with van der Waals surface area (Å²) in [6, 6.07) is 2.84. The van der Waals surface area contributed by atoms with Crippen molar-refractivity contribution >= 4 is 15.9 Å². The van der Waals surface area contributed by atoms with Gasteiger partial charge in [0, 0.05) is 16.5 Å². The molecule has 2 rings (SSSR count). The minimum Gasteiger partial charge on any atom is -0.505 e. The molecule has 0 aliphatic heterocycles. The molecule has 1 aromatic carbocycles. The summed E-state index contributed by atoms with van der Waals surface area (Å²) in [4.78, 5) is 0. The summed E-state index contributed by atoms with van der Waals surface area (Å²) in [5.41, 5.74) is -0.262. The summed E-state index contributed by atoms with van der Waals surface area (Å²) >= 11 is 3.14. The zero-order valence-electron chi connectivity index (χ0n) is 7.43. The van der Waals surface area contributed by atoms with Gasteiger partial charge in [0.15, 0.2) is 11.6 Å². The quantitative estimate of drug-likeness (QED) is 0.857. The maximum Gasteiger partial charge on any atom is 0.166 e. The van der Waals surface area contributed by atoms with Gasteiger partial charge in [0.05, 0.1) is 5.60 Å². The first-order valence-electron chi connectivity index (χ1n) is 4.39. The van der Waals surface area contributed by atoms with Gasteiger partial charge in [-0.1, -0.05) is 15.9 Å². The van der Waals surface area contributed by atoms with Crippen LogP contribution in [0.3, 0.4) is 0 Å². The van der Waals surface area contributed by atoms with E-state index in [1.54, 1.807) is 6.07 Å². The Morgan fingerprint density at radius 2 is 2.07 bits per heavy atom. The lowest BCUT2D eigenvalue weighted by Crippen LogP contribution is -2.11. The van der Waals surface area contributed by atoms with Gasteiger partial charge in [0.1, 0.15) is 0 Å². The molecular formula is C10H10BrFO2. The summed E-state index contributed by atoms with van der Waals surface area (Å²) < 4.78 is 13.6. The molecule has 1 saturated carbocycles. The van der Waals surface area contributed by atoms with Crippen molar-refractivity contribution < 1.29 is 14.6 Å². The van der Waals surface area contributed by atoms with E-state index in [1.165, 1.54) is 6.07 Å². The largest absolute Gasteiger partial charge is 0.505 e. The maximum absolute atomic E-state index is 13.1. The number of halogens is 2. The van der Waals surface area contributed by atoms with E-state index >= 15 is 0 Å². The Labute approximate surface area is 89.5 Å². The van der Waals surface area contributed by atoms with E-state index in [-0.39, 0.29) is 5.75 Å². The first kappa shape index (κ1) is 9.93. The number of aromatic hydroxyl groups is 1. The standard InChI is InChI=1S/C10H10BrFO2/c11-7-3-6(5-10(14)1-2-10)9(13)8(12)4-7/h3-4,13-14H,1-2,5H2. The Bertz CT molecular complexity index is 375. The number of benzene rings is 1. The molecule has 4 heteroatoms. The lowest BCUT2D eigenvalue weighted by Gasteiger charge is -2.10.